The topological polar surface area (TPSA) is 125 Å². The maximum atomic E-state index is 12.1. The maximum Gasteiger partial charge on any atom is 0.254 e. The van der Waals surface area contributed by atoms with Gasteiger partial charge in [-0.3, -0.25) is 19.7 Å². The second kappa shape index (κ2) is 5.39. The molecule has 1 fully saturated rings. The van der Waals surface area contributed by atoms with Crippen LogP contribution in [-0.4, -0.2) is 46.8 Å². The van der Waals surface area contributed by atoms with Gasteiger partial charge in [-0.15, -0.1) is 0 Å². The molecule has 1 aromatic rings. The van der Waals surface area contributed by atoms with Crippen molar-refractivity contribution >= 4 is 23.6 Å². The number of benzene rings is 1. The first-order valence-electron chi connectivity index (χ1n) is 5.71. The number of amidine groups is 1. The van der Waals surface area contributed by atoms with E-state index in [0.717, 1.165) is 4.90 Å². The molecule has 4 N–H and O–H groups in total. The molecule has 1 aliphatic rings. The highest BCUT2D eigenvalue weighted by molar-refractivity contribution is 6.06. The Hall–Kier alpha value is -2.90. The first kappa shape index (κ1) is 13.5. The van der Waals surface area contributed by atoms with Gasteiger partial charge in [0.2, 0.25) is 11.8 Å². The summed E-state index contributed by atoms with van der Waals surface area (Å²) in [7, 11) is 0. The summed E-state index contributed by atoms with van der Waals surface area (Å²) in [5.41, 5.74) is 6.17. The normalized spacial score (nSPS) is 16.0. The fraction of sp³-hybridized carbons (Fsp3) is 0.167. The Labute approximate surface area is 113 Å². The van der Waals surface area contributed by atoms with E-state index >= 15 is 0 Å². The minimum atomic E-state index is -0.511. The van der Waals surface area contributed by atoms with Crippen LogP contribution in [0.3, 0.4) is 0 Å². The van der Waals surface area contributed by atoms with Crippen molar-refractivity contribution in [3.05, 3.63) is 35.4 Å². The molecule has 0 unspecified atom stereocenters. The molecule has 1 aliphatic heterocycles. The Balaban J connectivity index is 2.17. The van der Waals surface area contributed by atoms with Crippen molar-refractivity contribution in [3.63, 3.8) is 0 Å². The summed E-state index contributed by atoms with van der Waals surface area (Å²) in [6, 6.07) is 5.97. The van der Waals surface area contributed by atoms with Gasteiger partial charge in [0.1, 0.15) is 13.1 Å². The predicted octanol–water partition coefficient (Wildman–Crippen LogP) is -1.12. The number of oxime groups is 1. The fourth-order valence-electron chi connectivity index (χ4n) is 1.80. The van der Waals surface area contributed by atoms with Crippen LogP contribution in [0.5, 0.6) is 0 Å². The quantitative estimate of drug-likeness (QED) is 0.207. The molecule has 20 heavy (non-hydrogen) atoms. The molecular formula is C12H12N4O4. The standard InChI is InChI=1S/C12H12N4O4/c13-11(15-20)7-1-3-8(4-2-7)12(19)16-5-9(17)14-10(18)6-16/h1-4,20H,5-6H2,(H2,13,15)(H,14,17,18). The van der Waals surface area contributed by atoms with Gasteiger partial charge >= 0.3 is 0 Å². The van der Waals surface area contributed by atoms with Crippen LogP contribution < -0.4 is 11.1 Å². The summed E-state index contributed by atoms with van der Waals surface area (Å²) in [6.07, 6.45) is 0. The first-order chi connectivity index (χ1) is 9.51. The minimum absolute atomic E-state index is 0.0727. The Kier molecular flexibility index (Phi) is 3.65. The van der Waals surface area contributed by atoms with E-state index in [1.165, 1.54) is 24.3 Å². The molecule has 0 bridgehead atoms. The lowest BCUT2D eigenvalue weighted by molar-refractivity contribution is -0.135. The fourth-order valence-corrected chi connectivity index (χ4v) is 1.80. The molecule has 1 heterocycles. The zero-order chi connectivity index (χ0) is 14.7. The largest absolute Gasteiger partial charge is 0.409 e. The summed E-state index contributed by atoms with van der Waals surface area (Å²) in [5.74, 6) is -1.53. The van der Waals surface area contributed by atoms with Gasteiger partial charge in [0.15, 0.2) is 5.84 Å². The van der Waals surface area contributed by atoms with Gasteiger partial charge in [0.05, 0.1) is 0 Å². The van der Waals surface area contributed by atoms with Crippen LogP contribution in [0.15, 0.2) is 29.4 Å². The van der Waals surface area contributed by atoms with E-state index in [-0.39, 0.29) is 18.9 Å². The van der Waals surface area contributed by atoms with Crippen molar-refractivity contribution in [2.24, 2.45) is 10.9 Å². The van der Waals surface area contributed by atoms with Crippen molar-refractivity contribution in [1.82, 2.24) is 10.2 Å². The molecule has 8 heteroatoms. The van der Waals surface area contributed by atoms with Crippen LogP contribution in [-0.2, 0) is 9.59 Å². The molecule has 0 radical (unpaired) electrons. The second-order valence-electron chi connectivity index (χ2n) is 4.20. The van der Waals surface area contributed by atoms with Crippen molar-refractivity contribution in [3.8, 4) is 0 Å². The number of nitrogens with one attached hydrogen (secondary N) is 1. The maximum absolute atomic E-state index is 12.1. The highest BCUT2D eigenvalue weighted by Gasteiger charge is 2.26. The lowest BCUT2D eigenvalue weighted by Crippen LogP contribution is -2.53. The van der Waals surface area contributed by atoms with Crippen molar-refractivity contribution in [2.75, 3.05) is 13.1 Å². The van der Waals surface area contributed by atoms with Crippen LogP contribution in [0, 0.1) is 0 Å². The van der Waals surface area contributed by atoms with E-state index in [2.05, 4.69) is 10.5 Å². The zero-order valence-electron chi connectivity index (χ0n) is 10.4. The third-order valence-electron chi connectivity index (χ3n) is 2.77. The molecule has 0 atom stereocenters. The van der Waals surface area contributed by atoms with Crippen LogP contribution in [0.1, 0.15) is 15.9 Å². The Morgan fingerprint density at radius 2 is 1.65 bits per heavy atom. The lowest BCUT2D eigenvalue weighted by atomic mass is 10.1. The number of carbonyl (C=O) groups excluding carboxylic acids is 3. The van der Waals surface area contributed by atoms with Crippen LogP contribution in [0.4, 0.5) is 0 Å². The van der Waals surface area contributed by atoms with E-state index in [1.54, 1.807) is 0 Å². The van der Waals surface area contributed by atoms with Crippen molar-refractivity contribution in [1.29, 1.82) is 0 Å². The zero-order valence-corrected chi connectivity index (χ0v) is 10.4. The van der Waals surface area contributed by atoms with Crippen molar-refractivity contribution < 1.29 is 19.6 Å². The van der Waals surface area contributed by atoms with E-state index in [1.807, 2.05) is 0 Å². The number of amides is 3. The Morgan fingerprint density at radius 1 is 1.15 bits per heavy atom. The molecule has 3 amide bonds. The minimum Gasteiger partial charge on any atom is -0.409 e. The first-order valence-corrected chi connectivity index (χ1v) is 5.71. The van der Waals surface area contributed by atoms with Gasteiger partial charge in [-0.2, -0.15) is 0 Å². The number of piperazine rings is 1. The van der Waals surface area contributed by atoms with Gasteiger partial charge in [-0.05, 0) is 12.1 Å². The lowest BCUT2D eigenvalue weighted by Gasteiger charge is -2.25. The van der Waals surface area contributed by atoms with Gasteiger partial charge in [-0.25, -0.2) is 0 Å². The number of hydrogen-bond donors (Lipinski definition) is 3. The molecule has 1 aromatic carbocycles. The number of rotatable bonds is 2. The highest BCUT2D eigenvalue weighted by Crippen LogP contribution is 2.09. The van der Waals surface area contributed by atoms with Gasteiger partial charge in [0, 0.05) is 11.1 Å². The Morgan fingerprint density at radius 3 is 2.15 bits per heavy atom. The number of carbonyl (C=O) groups is 3. The third kappa shape index (κ3) is 2.74. The number of nitrogens with two attached hydrogens (primary N) is 1. The Bertz CT molecular complexity index is 578. The average molecular weight is 276 g/mol. The monoisotopic (exact) mass is 276 g/mol. The number of imide groups is 1. The molecular weight excluding hydrogens is 264 g/mol. The average Bonchev–Trinajstić information content (AvgIpc) is 2.45. The smallest absolute Gasteiger partial charge is 0.254 e. The van der Waals surface area contributed by atoms with Gasteiger partial charge in [-0.1, -0.05) is 17.3 Å². The van der Waals surface area contributed by atoms with E-state index in [0.29, 0.717) is 11.1 Å². The van der Waals surface area contributed by atoms with Crippen LogP contribution in [0.2, 0.25) is 0 Å². The van der Waals surface area contributed by atoms with Crippen molar-refractivity contribution in [2.45, 2.75) is 0 Å². The van der Waals surface area contributed by atoms with E-state index in [4.69, 9.17) is 10.9 Å². The molecule has 2 rings (SSSR count). The van der Waals surface area contributed by atoms with E-state index in [9.17, 15) is 14.4 Å². The summed E-state index contributed by atoms with van der Waals surface area (Å²) in [4.78, 5) is 35.7. The third-order valence-corrected chi connectivity index (χ3v) is 2.77. The molecule has 8 nitrogen and oxygen atoms in total. The number of hydrogen-bond acceptors (Lipinski definition) is 5. The van der Waals surface area contributed by atoms with Gasteiger partial charge < -0.3 is 15.8 Å². The number of nitrogens with zero attached hydrogens (tertiary/aromatic N) is 2. The molecule has 0 aromatic heterocycles. The summed E-state index contributed by atoms with van der Waals surface area (Å²) in [5, 5.41) is 13.5. The van der Waals surface area contributed by atoms with E-state index < -0.39 is 17.7 Å². The summed E-state index contributed by atoms with van der Waals surface area (Å²) < 4.78 is 0. The molecule has 0 aliphatic carbocycles. The molecule has 104 valence electrons. The van der Waals surface area contributed by atoms with Crippen LogP contribution >= 0.6 is 0 Å². The predicted molar refractivity (Wildman–Crippen MR) is 68.0 cm³/mol. The molecule has 1 saturated heterocycles. The summed E-state index contributed by atoms with van der Waals surface area (Å²) >= 11 is 0. The summed E-state index contributed by atoms with van der Waals surface area (Å²) in [6.45, 7) is -0.320. The highest BCUT2D eigenvalue weighted by atomic mass is 16.4. The molecule has 0 saturated carbocycles. The second-order valence-corrected chi connectivity index (χ2v) is 4.20. The van der Waals surface area contributed by atoms with Gasteiger partial charge in [0.25, 0.3) is 5.91 Å². The van der Waals surface area contributed by atoms with Crippen LogP contribution in [0.25, 0.3) is 0 Å². The SMILES string of the molecule is NC(=NO)c1ccc(C(=O)N2CC(=O)NC(=O)C2)cc1. The molecule has 0 spiro atoms.